The molecule has 0 N–H and O–H groups in total. The van der Waals surface area contributed by atoms with E-state index in [2.05, 4.69) is 0 Å². The van der Waals surface area contributed by atoms with Crippen LogP contribution in [0.15, 0.2) is 0 Å². The maximum Gasteiger partial charge on any atom is 0 e. The second-order valence-corrected chi connectivity index (χ2v) is 0. The van der Waals surface area contributed by atoms with Crippen molar-refractivity contribution in [3.8, 4) is 0 Å². The van der Waals surface area contributed by atoms with Gasteiger partial charge in [0.15, 0.2) is 0 Å². The van der Waals surface area contributed by atoms with Crippen LogP contribution in [0.4, 0.5) is 0 Å². The quantitative estimate of drug-likeness (QED) is 0.376. The maximum absolute atomic E-state index is 0. The molecule has 3 heteroatoms. The van der Waals surface area contributed by atoms with E-state index in [1.165, 1.54) is 0 Å². The first kappa shape index (κ1) is 47.6. The summed E-state index contributed by atoms with van der Waals surface area (Å²) in [4.78, 5) is 0. The molecule has 0 aliphatic heterocycles. The molecule has 0 saturated heterocycles. The molecule has 0 aliphatic rings. The maximum atomic E-state index is 0. The summed E-state index contributed by atoms with van der Waals surface area (Å²) < 4.78 is 0. The van der Waals surface area contributed by atoms with Gasteiger partial charge in [0.1, 0.15) is 0 Å². The molecule has 0 atom stereocenters. The Kier molecular flexibility index (Phi) is 283. The zero-order chi connectivity index (χ0) is 0. The van der Waals surface area contributed by atoms with Crippen LogP contribution in [0.25, 0.3) is 0 Å². The fraction of sp³-hybridized carbons (Fsp3) is 0. The Bertz CT molecular complexity index is 6.00. The van der Waals surface area contributed by atoms with Gasteiger partial charge in [-0.15, -0.1) is 0 Å². The van der Waals surface area contributed by atoms with Crippen molar-refractivity contribution < 1.29 is 51.2 Å². The van der Waals surface area contributed by atoms with Crippen molar-refractivity contribution in [1.29, 1.82) is 0 Å². The standard InChI is InChI=1S/CH3.2Fe.Mn/h1H3;;;/q-1;;;. The van der Waals surface area contributed by atoms with E-state index in [0.717, 1.165) is 0 Å². The minimum atomic E-state index is 0. The van der Waals surface area contributed by atoms with Gasteiger partial charge in [0.25, 0.3) is 0 Å². The minimum Gasteiger partial charge on any atom is -0.358 e. The Hall–Kier alpha value is 1.56. The van der Waals surface area contributed by atoms with E-state index >= 15 is 0 Å². The van der Waals surface area contributed by atoms with Crippen LogP contribution >= 0.6 is 0 Å². The van der Waals surface area contributed by atoms with Gasteiger partial charge in [-0.25, -0.2) is 0 Å². The molecule has 0 aromatic carbocycles. The molecule has 0 aromatic heterocycles. The fourth-order valence-corrected chi connectivity index (χ4v) is 0. The molecule has 0 nitrogen and oxygen atoms in total. The molecular formula is CH3Fe2Mn-. The monoisotopic (exact) mass is 182 g/mol. The summed E-state index contributed by atoms with van der Waals surface area (Å²) in [5.74, 6) is 0. The van der Waals surface area contributed by atoms with Gasteiger partial charge in [0, 0.05) is 51.2 Å². The minimum absolute atomic E-state index is 0. The molecule has 0 fully saturated rings. The van der Waals surface area contributed by atoms with Crippen LogP contribution < -0.4 is 0 Å². The first-order valence-electron chi connectivity index (χ1n) is 0. The van der Waals surface area contributed by atoms with E-state index in [1.54, 1.807) is 0 Å². The van der Waals surface area contributed by atoms with E-state index in [4.69, 9.17) is 0 Å². The largest absolute Gasteiger partial charge is 0.358 e. The van der Waals surface area contributed by atoms with Crippen molar-refractivity contribution in [3.63, 3.8) is 0 Å². The van der Waals surface area contributed by atoms with Gasteiger partial charge in [0.05, 0.1) is 0 Å². The van der Waals surface area contributed by atoms with Crippen LogP contribution in [0, 0.1) is 7.43 Å². The molecule has 0 aliphatic carbocycles. The van der Waals surface area contributed by atoms with E-state index < -0.39 is 0 Å². The van der Waals surface area contributed by atoms with Crippen molar-refractivity contribution >= 4 is 0 Å². The summed E-state index contributed by atoms with van der Waals surface area (Å²) in [7, 11) is 0. The molecule has 1 radical (unpaired) electrons. The molecule has 4 heavy (non-hydrogen) atoms. The Labute approximate surface area is 58.5 Å². The average molecular weight is 182 g/mol. The second kappa shape index (κ2) is 23.8. The molecule has 0 heterocycles. The molecule has 0 saturated carbocycles. The van der Waals surface area contributed by atoms with Crippen molar-refractivity contribution in [2.75, 3.05) is 0 Å². The third-order valence-corrected chi connectivity index (χ3v) is 0. The second-order valence-electron chi connectivity index (χ2n) is 0. The number of rotatable bonds is 0. The van der Waals surface area contributed by atoms with Gasteiger partial charge >= 0.3 is 0 Å². The summed E-state index contributed by atoms with van der Waals surface area (Å²) in [5.41, 5.74) is 0. The zero-order valence-electron chi connectivity index (χ0n) is 2.09. The summed E-state index contributed by atoms with van der Waals surface area (Å²) in [6.45, 7) is 0. The van der Waals surface area contributed by atoms with Gasteiger partial charge in [0.2, 0.25) is 0 Å². The van der Waals surface area contributed by atoms with E-state index in [-0.39, 0.29) is 58.6 Å². The summed E-state index contributed by atoms with van der Waals surface area (Å²) >= 11 is 0. The van der Waals surface area contributed by atoms with Crippen LogP contribution in [0.5, 0.6) is 0 Å². The molecule has 0 unspecified atom stereocenters. The Morgan fingerprint density at radius 2 is 0.750 bits per heavy atom. The van der Waals surface area contributed by atoms with Gasteiger partial charge in [-0.1, -0.05) is 0 Å². The summed E-state index contributed by atoms with van der Waals surface area (Å²) in [5, 5.41) is 0. The van der Waals surface area contributed by atoms with Gasteiger partial charge in [-0.3, -0.25) is 0 Å². The topological polar surface area (TPSA) is 0 Å². The predicted molar refractivity (Wildman–Crippen MR) is 6.41 cm³/mol. The van der Waals surface area contributed by atoms with Gasteiger partial charge in [-0.05, 0) is 0 Å². The third kappa shape index (κ3) is 9.59. The SMILES string of the molecule is [CH3-].[Fe].[Fe].[Mn]. The third-order valence-electron chi connectivity index (χ3n) is 0. The zero-order valence-corrected chi connectivity index (χ0v) is 5.47. The van der Waals surface area contributed by atoms with E-state index in [0.29, 0.717) is 0 Å². The molecule has 0 spiro atoms. The first-order chi connectivity index (χ1) is 0. The average Bonchev–Trinajstić information content (AvgIpc) is 0. The Morgan fingerprint density at radius 3 is 0.750 bits per heavy atom. The number of hydrogen-bond acceptors (Lipinski definition) is 0. The Morgan fingerprint density at radius 1 is 0.750 bits per heavy atom. The van der Waals surface area contributed by atoms with Gasteiger partial charge < -0.3 is 7.43 Å². The van der Waals surface area contributed by atoms with E-state index in [1.807, 2.05) is 0 Å². The summed E-state index contributed by atoms with van der Waals surface area (Å²) in [6.07, 6.45) is 0. The molecule has 0 aromatic rings. The van der Waals surface area contributed by atoms with Crippen molar-refractivity contribution in [2.24, 2.45) is 0 Å². The number of hydrogen-bond donors (Lipinski definition) is 0. The van der Waals surface area contributed by atoms with Crippen LogP contribution in [0.2, 0.25) is 0 Å². The van der Waals surface area contributed by atoms with Crippen LogP contribution in [0.3, 0.4) is 0 Å². The van der Waals surface area contributed by atoms with Crippen LogP contribution in [0.1, 0.15) is 0 Å². The van der Waals surface area contributed by atoms with Crippen LogP contribution in [-0.4, -0.2) is 0 Å². The normalized spacial score (nSPS) is 0. The molecule has 0 rings (SSSR count). The van der Waals surface area contributed by atoms with E-state index in [9.17, 15) is 0 Å². The molecule has 31 valence electrons. The van der Waals surface area contributed by atoms with Crippen molar-refractivity contribution in [2.45, 2.75) is 0 Å². The van der Waals surface area contributed by atoms with Crippen LogP contribution in [-0.2, 0) is 51.2 Å². The van der Waals surface area contributed by atoms with Crippen molar-refractivity contribution in [1.82, 2.24) is 0 Å². The smallest absolute Gasteiger partial charge is 0 e. The molecule has 0 amide bonds. The molecular weight excluding hydrogens is 179 g/mol. The first-order valence-corrected chi connectivity index (χ1v) is 0. The van der Waals surface area contributed by atoms with Gasteiger partial charge in [-0.2, -0.15) is 0 Å². The molecule has 0 bridgehead atoms. The summed E-state index contributed by atoms with van der Waals surface area (Å²) in [6, 6.07) is 0. The fourth-order valence-electron chi connectivity index (χ4n) is 0. The Balaban J connectivity index is 0. The van der Waals surface area contributed by atoms with Crippen molar-refractivity contribution in [3.05, 3.63) is 7.43 Å². The predicted octanol–water partition coefficient (Wildman–Crippen LogP) is 0.443.